The molecule has 2 aromatic carbocycles. The first-order valence-electron chi connectivity index (χ1n) is 11.1. The Morgan fingerprint density at radius 3 is 2.40 bits per heavy atom. The number of hydrogen-bond acceptors (Lipinski definition) is 5. The van der Waals surface area contributed by atoms with Crippen LogP contribution in [0.2, 0.25) is 10.0 Å². The molecule has 0 spiro atoms. The smallest absolute Gasteiger partial charge is 0.244 e. The van der Waals surface area contributed by atoms with E-state index in [1.165, 1.54) is 24.1 Å². The number of benzene rings is 2. The van der Waals surface area contributed by atoms with Gasteiger partial charge in [-0.25, -0.2) is 8.42 Å². The van der Waals surface area contributed by atoms with E-state index in [2.05, 4.69) is 5.32 Å². The van der Waals surface area contributed by atoms with Gasteiger partial charge in [-0.2, -0.15) is 0 Å². The maximum absolute atomic E-state index is 13.6. The highest BCUT2D eigenvalue weighted by molar-refractivity contribution is 7.92. The molecule has 0 heterocycles. The Hall–Kier alpha value is -2.49. The van der Waals surface area contributed by atoms with Crippen LogP contribution in [0.5, 0.6) is 5.75 Å². The predicted octanol–water partition coefficient (Wildman–Crippen LogP) is 4.10. The van der Waals surface area contributed by atoms with Crippen LogP contribution in [0.1, 0.15) is 32.3 Å². The summed E-state index contributed by atoms with van der Waals surface area (Å²) in [6.45, 7) is 3.60. The zero-order chi connectivity index (χ0) is 26.2. The van der Waals surface area contributed by atoms with E-state index < -0.39 is 28.5 Å². The molecule has 0 fully saturated rings. The number of halogens is 2. The molecule has 0 bridgehead atoms. The molecule has 35 heavy (non-hydrogen) atoms. The van der Waals surface area contributed by atoms with Gasteiger partial charge in [0.2, 0.25) is 21.8 Å². The van der Waals surface area contributed by atoms with Crippen LogP contribution in [0.4, 0.5) is 5.69 Å². The highest BCUT2D eigenvalue weighted by Crippen LogP contribution is 2.33. The summed E-state index contributed by atoms with van der Waals surface area (Å²) < 4.78 is 31.6. The summed E-state index contributed by atoms with van der Waals surface area (Å²) in [5, 5.41) is 3.59. The van der Waals surface area contributed by atoms with Crippen molar-refractivity contribution >= 4 is 50.7 Å². The Bertz CT molecular complexity index is 1140. The zero-order valence-corrected chi connectivity index (χ0v) is 22.6. The number of carbonyl (C=O) groups is 2. The van der Waals surface area contributed by atoms with Crippen LogP contribution < -0.4 is 14.4 Å². The second-order valence-corrected chi connectivity index (χ2v) is 10.8. The van der Waals surface area contributed by atoms with E-state index in [9.17, 15) is 18.0 Å². The van der Waals surface area contributed by atoms with E-state index in [1.807, 2.05) is 6.92 Å². The van der Waals surface area contributed by atoms with Crippen molar-refractivity contribution < 1.29 is 22.7 Å². The number of nitrogens with zero attached hydrogens (tertiary/aromatic N) is 2. The fourth-order valence-corrected chi connectivity index (χ4v) is 4.63. The number of anilines is 1. The van der Waals surface area contributed by atoms with Crippen molar-refractivity contribution in [3.63, 3.8) is 0 Å². The van der Waals surface area contributed by atoms with Crippen molar-refractivity contribution in [2.45, 2.75) is 39.3 Å². The Morgan fingerprint density at radius 1 is 1.11 bits per heavy atom. The summed E-state index contributed by atoms with van der Waals surface area (Å²) >= 11 is 12.2. The predicted molar refractivity (Wildman–Crippen MR) is 140 cm³/mol. The third-order valence-corrected chi connectivity index (χ3v) is 6.92. The van der Waals surface area contributed by atoms with Gasteiger partial charge in [-0.3, -0.25) is 13.9 Å². The topological polar surface area (TPSA) is 96.0 Å². The Balaban J connectivity index is 2.42. The van der Waals surface area contributed by atoms with Crippen LogP contribution in [0, 0.1) is 0 Å². The van der Waals surface area contributed by atoms with Crippen LogP contribution >= 0.6 is 23.2 Å². The van der Waals surface area contributed by atoms with Gasteiger partial charge in [0.1, 0.15) is 18.3 Å². The summed E-state index contributed by atoms with van der Waals surface area (Å²) in [6.07, 6.45) is 2.70. The number of rotatable bonds is 12. The Labute approximate surface area is 217 Å². The lowest BCUT2D eigenvalue weighted by atomic mass is 10.1. The molecule has 0 aromatic heterocycles. The molecule has 1 N–H and O–H groups in total. The molecule has 0 aliphatic heterocycles. The zero-order valence-electron chi connectivity index (χ0n) is 20.3. The lowest BCUT2D eigenvalue weighted by Crippen LogP contribution is -2.51. The summed E-state index contributed by atoms with van der Waals surface area (Å²) in [7, 11) is -2.52. The van der Waals surface area contributed by atoms with Crippen LogP contribution in [-0.4, -0.2) is 57.6 Å². The third-order valence-electron chi connectivity index (χ3n) is 5.33. The van der Waals surface area contributed by atoms with Crippen molar-refractivity contribution in [2.24, 2.45) is 0 Å². The van der Waals surface area contributed by atoms with Gasteiger partial charge in [-0.1, -0.05) is 48.7 Å². The molecular weight excluding hydrogens is 513 g/mol. The van der Waals surface area contributed by atoms with Crippen LogP contribution in [0.15, 0.2) is 42.5 Å². The van der Waals surface area contributed by atoms with Crippen molar-refractivity contribution in [3.05, 3.63) is 58.1 Å². The fourth-order valence-electron chi connectivity index (χ4n) is 3.40. The summed E-state index contributed by atoms with van der Waals surface area (Å²) in [5.41, 5.74) is 0.823. The average Bonchev–Trinajstić information content (AvgIpc) is 2.79. The first-order valence-corrected chi connectivity index (χ1v) is 13.7. The third kappa shape index (κ3) is 8.30. The number of ether oxygens (including phenoxy) is 1. The lowest BCUT2D eigenvalue weighted by molar-refractivity contribution is -0.139. The summed E-state index contributed by atoms with van der Waals surface area (Å²) in [4.78, 5) is 27.7. The molecule has 192 valence electrons. The minimum atomic E-state index is -3.91. The number of carbonyl (C=O) groups excluding carboxylic acids is 2. The molecule has 2 amide bonds. The van der Waals surface area contributed by atoms with Crippen LogP contribution in [-0.2, 0) is 26.2 Å². The number of sulfonamides is 1. The Morgan fingerprint density at radius 2 is 1.80 bits per heavy atom. The maximum Gasteiger partial charge on any atom is 0.244 e. The fraction of sp³-hybridized carbons (Fsp3) is 0.417. The molecule has 11 heteroatoms. The molecule has 0 saturated carbocycles. The van der Waals surface area contributed by atoms with Crippen LogP contribution in [0.25, 0.3) is 0 Å². The number of nitrogens with one attached hydrogen (secondary N) is 1. The summed E-state index contributed by atoms with van der Waals surface area (Å²) in [5.74, 6) is -0.671. The highest BCUT2D eigenvalue weighted by atomic mass is 35.5. The molecule has 0 aliphatic carbocycles. The van der Waals surface area contributed by atoms with Crippen LogP contribution in [0.3, 0.4) is 0 Å². The lowest BCUT2D eigenvalue weighted by Gasteiger charge is -2.32. The summed E-state index contributed by atoms with van der Waals surface area (Å²) in [6, 6.07) is 10.5. The van der Waals surface area contributed by atoms with E-state index in [-0.39, 0.29) is 28.9 Å². The maximum atomic E-state index is 13.6. The molecule has 2 aromatic rings. The standard InChI is InChI=1S/C24H31Cl2N3O5S/c1-5-6-12-27-24(31)17(2)28(15-18-8-7-9-19(25)13-18)23(30)16-29(35(4,32)33)21-14-20(26)10-11-22(21)34-3/h7-11,13-14,17H,5-6,12,15-16H2,1-4H3,(H,27,31). The number of hydrogen-bond donors (Lipinski definition) is 1. The van der Waals surface area contributed by atoms with Gasteiger partial charge in [0, 0.05) is 23.1 Å². The second kappa shape index (κ2) is 13.0. The van der Waals surface area contributed by atoms with Crippen molar-refractivity contribution in [2.75, 3.05) is 30.8 Å². The van der Waals surface area contributed by atoms with E-state index in [0.29, 0.717) is 17.1 Å². The molecular formula is C24H31Cl2N3O5S. The molecule has 8 nitrogen and oxygen atoms in total. The molecule has 1 atom stereocenters. The van der Waals surface area contributed by atoms with E-state index in [4.69, 9.17) is 27.9 Å². The highest BCUT2D eigenvalue weighted by Gasteiger charge is 2.31. The van der Waals surface area contributed by atoms with Gasteiger partial charge in [0.25, 0.3) is 0 Å². The number of unbranched alkanes of at least 4 members (excludes halogenated alkanes) is 1. The van der Waals surface area contributed by atoms with E-state index in [1.54, 1.807) is 37.3 Å². The average molecular weight is 545 g/mol. The van der Waals surface area contributed by atoms with E-state index >= 15 is 0 Å². The van der Waals surface area contributed by atoms with Crippen molar-refractivity contribution in [1.29, 1.82) is 0 Å². The van der Waals surface area contributed by atoms with E-state index in [0.717, 1.165) is 23.4 Å². The van der Waals surface area contributed by atoms with Gasteiger partial charge in [-0.05, 0) is 49.2 Å². The first kappa shape index (κ1) is 28.7. The largest absolute Gasteiger partial charge is 0.495 e. The van der Waals surface area contributed by atoms with Crippen molar-refractivity contribution in [3.8, 4) is 5.75 Å². The van der Waals surface area contributed by atoms with Crippen molar-refractivity contribution in [1.82, 2.24) is 10.2 Å². The molecule has 1 unspecified atom stereocenters. The molecule has 0 radical (unpaired) electrons. The number of amides is 2. The SMILES string of the molecule is CCCCNC(=O)C(C)N(Cc1cccc(Cl)c1)C(=O)CN(c1cc(Cl)ccc1OC)S(C)(=O)=O. The van der Waals surface area contributed by atoms with Gasteiger partial charge >= 0.3 is 0 Å². The second-order valence-electron chi connectivity index (χ2n) is 8.06. The molecule has 2 rings (SSSR count). The normalized spacial score (nSPS) is 12.1. The molecule has 0 saturated heterocycles. The van der Waals surface area contributed by atoms with Gasteiger partial charge in [-0.15, -0.1) is 0 Å². The monoisotopic (exact) mass is 543 g/mol. The van der Waals surface area contributed by atoms with Gasteiger partial charge in [0.05, 0.1) is 19.1 Å². The first-order chi connectivity index (χ1) is 16.5. The quantitative estimate of drug-likeness (QED) is 0.406. The Kier molecular flexibility index (Phi) is 10.7. The van der Waals surface area contributed by atoms with Gasteiger partial charge in [0.15, 0.2) is 0 Å². The minimum Gasteiger partial charge on any atom is -0.495 e. The molecule has 0 aliphatic rings. The van der Waals surface area contributed by atoms with Gasteiger partial charge < -0.3 is 15.0 Å². The minimum absolute atomic E-state index is 0.0615. The number of methoxy groups -OCH3 is 1.